The Labute approximate surface area is 40.9 Å². The van der Waals surface area contributed by atoms with E-state index in [2.05, 4.69) is 11.8 Å². The zero-order valence-corrected chi connectivity index (χ0v) is 5.60. The molecule has 4 heteroatoms. The summed E-state index contributed by atoms with van der Waals surface area (Å²) in [5.41, 5.74) is 0. The second-order valence-corrected chi connectivity index (χ2v) is 5.87. The van der Waals surface area contributed by atoms with Gasteiger partial charge in [-0.3, -0.25) is 3.56 Å². The molecule has 0 atom stereocenters. The smallest absolute Gasteiger partial charge is 0.0606 e. The molecule has 0 spiro atoms. The van der Waals surface area contributed by atoms with E-state index in [1.54, 1.807) is 0 Å². The lowest BCUT2D eigenvalue weighted by atomic mass is 14.0. The van der Waals surface area contributed by atoms with Crippen LogP contribution in [-0.2, 0) is 11.8 Å². The van der Waals surface area contributed by atoms with Crippen molar-refractivity contribution in [1.29, 1.82) is 3.56 Å². The van der Waals surface area contributed by atoms with E-state index in [-0.39, 0.29) is 20.5 Å². The molecule has 0 saturated heterocycles. The van der Waals surface area contributed by atoms with Crippen LogP contribution in [0.25, 0.3) is 0 Å². The molecule has 0 aliphatic rings. The lowest BCUT2D eigenvalue weighted by Crippen LogP contribution is -0.756. The van der Waals surface area contributed by atoms with Crippen molar-refractivity contribution in [3.05, 3.63) is 0 Å². The van der Waals surface area contributed by atoms with Gasteiger partial charge in [0.2, 0.25) is 0 Å². The van der Waals surface area contributed by atoms with Crippen molar-refractivity contribution in [2.75, 3.05) is 0 Å². The van der Waals surface area contributed by atoms with Gasteiger partial charge in [0.25, 0.3) is 0 Å². The summed E-state index contributed by atoms with van der Waals surface area (Å²) < 4.78 is 6.44. The first-order valence-corrected chi connectivity index (χ1v) is 6.31. The third-order valence-corrected chi connectivity index (χ3v) is 2.08. The molecule has 0 aromatic carbocycles. The van der Waals surface area contributed by atoms with Crippen LogP contribution in [0.5, 0.6) is 0 Å². The average molecular weight is 205 g/mol. The fourth-order valence-electron chi connectivity index (χ4n) is 0. The Morgan fingerprint density at radius 1 is 2.00 bits per heavy atom. The van der Waals surface area contributed by atoms with Gasteiger partial charge in [-0.05, 0) is 11.8 Å². The van der Waals surface area contributed by atoms with E-state index in [1.807, 2.05) is 0 Å². The Hall–Kier alpha value is 1.05. The zero-order chi connectivity index (χ0) is 3.41. The van der Waals surface area contributed by atoms with Crippen LogP contribution in [0.15, 0.2) is 0 Å². The van der Waals surface area contributed by atoms with Gasteiger partial charge in [0.15, 0.2) is 0 Å². The van der Waals surface area contributed by atoms with E-state index < -0.39 is 0 Å². The minimum atomic E-state index is -0.352. The molecule has 0 aromatic rings. The maximum atomic E-state index is 6.44. The third-order valence-electron chi connectivity index (χ3n) is 0.0345. The van der Waals surface area contributed by atoms with E-state index in [9.17, 15) is 0 Å². The number of hydrogen-bond acceptors (Lipinski definition) is 2. The molecule has 4 heavy (non-hydrogen) atoms. The molecule has 0 unspecified atom stereocenters. The van der Waals surface area contributed by atoms with Gasteiger partial charge >= 0.3 is 0 Å². The highest BCUT2D eigenvalue weighted by atomic mass is 127. The maximum absolute atomic E-state index is 6.44. The lowest BCUT2D eigenvalue weighted by molar-refractivity contribution is 1.72. The molecule has 0 radical (unpaired) electrons. The highest BCUT2D eigenvalue weighted by Gasteiger charge is 1.39. The first kappa shape index (κ1) is 5.05. The Kier molecular flexibility index (Phi) is 5.11. The average Bonchev–Trinajstić information content (AvgIpc) is 1.37. The van der Waals surface area contributed by atoms with Gasteiger partial charge in [0, 0.05) is 0 Å². The molecule has 0 aromatic heterocycles. The van der Waals surface area contributed by atoms with Crippen LogP contribution >= 0.6 is 25.5 Å². The van der Waals surface area contributed by atoms with Crippen molar-refractivity contribution in [2.24, 2.45) is 0 Å². The van der Waals surface area contributed by atoms with Crippen LogP contribution in [0, 0.1) is 3.56 Å². The van der Waals surface area contributed by atoms with Gasteiger partial charge in [-0.25, -0.2) is 0 Å². The SMILES string of the molecule is N=IP=S. The summed E-state index contributed by atoms with van der Waals surface area (Å²) in [6.07, 6.45) is 0. The molecule has 0 saturated carbocycles. The van der Waals surface area contributed by atoms with Gasteiger partial charge in [-0.1, -0.05) is 0 Å². The predicted octanol–water partition coefficient (Wildman–Crippen LogP) is 2.04. The summed E-state index contributed by atoms with van der Waals surface area (Å²) in [7, 11) is 0. The van der Waals surface area contributed by atoms with Gasteiger partial charge in [-0.15, -0.1) is 0 Å². The molecule has 0 bridgehead atoms. The number of hydrogen-bond donors (Lipinski definition) is 1. The summed E-state index contributed by atoms with van der Waals surface area (Å²) in [5, 5.41) is 0. The summed E-state index contributed by atoms with van der Waals surface area (Å²) >= 11 is 4.03. The molecule has 0 aliphatic heterocycles. The van der Waals surface area contributed by atoms with E-state index in [0.717, 1.165) is 5.00 Å². The molecule has 0 aliphatic carbocycles. The third kappa shape index (κ3) is 3.05. The number of nitrogens with one attached hydrogen (secondary N) is 1. The monoisotopic (exact) mass is 205 g/mol. The second kappa shape index (κ2) is 4.05. The van der Waals surface area contributed by atoms with Crippen molar-refractivity contribution in [3.63, 3.8) is 0 Å². The van der Waals surface area contributed by atoms with Crippen LogP contribution < -0.4 is 0 Å². The maximum Gasteiger partial charge on any atom is 0.0606 e. The Morgan fingerprint density at radius 3 is 2.25 bits per heavy atom. The van der Waals surface area contributed by atoms with Crippen molar-refractivity contribution >= 4 is 37.3 Å². The van der Waals surface area contributed by atoms with Gasteiger partial charge in [0.05, 0.1) is 25.5 Å². The molecule has 1 N–H and O–H groups in total. The highest BCUT2D eigenvalue weighted by Crippen LogP contribution is 2.12. The van der Waals surface area contributed by atoms with Gasteiger partial charge in [0.1, 0.15) is 0 Å². The van der Waals surface area contributed by atoms with Crippen molar-refractivity contribution in [1.82, 2.24) is 0 Å². The summed E-state index contributed by atoms with van der Waals surface area (Å²) in [6.45, 7) is 0. The summed E-state index contributed by atoms with van der Waals surface area (Å²) in [4.78, 5) is 0.858. The summed E-state index contributed by atoms with van der Waals surface area (Å²) in [6, 6.07) is 0. The number of halogens is 1. The number of rotatable bonds is 1. The second-order valence-electron chi connectivity index (χ2n) is 0.154. The van der Waals surface area contributed by atoms with Crippen molar-refractivity contribution < 1.29 is 0 Å². The molecule has 24 valence electrons. The van der Waals surface area contributed by atoms with Gasteiger partial charge in [-0.2, -0.15) is 0 Å². The molecule has 0 fully saturated rings. The Balaban J connectivity index is 2.73. The van der Waals surface area contributed by atoms with Crippen LogP contribution in [0.3, 0.4) is 0 Å². The Morgan fingerprint density at radius 2 is 2.25 bits per heavy atom. The van der Waals surface area contributed by atoms with E-state index in [1.165, 1.54) is 0 Å². The normalized spacial score (nSPS) is 8.00. The molecular weight excluding hydrogens is 204 g/mol. The van der Waals surface area contributed by atoms with Gasteiger partial charge < -0.3 is 0 Å². The standard InChI is InChI=1S/HINPS/c2-1-3-4/h2H. The first-order chi connectivity index (χ1) is 1.91. The van der Waals surface area contributed by atoms with Crippen LogP contribution in [0.1, 0.15) is 0 Å². The predicted molar refractivity (Wildman–Crippen MR) is 31.0 cm³/mol. The van der Waals surface area contributed by atoms with E-state index >= 15 is 0 Å². The van der Waals surface area contributed by atoms with Crippen molar-refractivity contribution in [2.45, 2.75) is 0 Å². The fraction of sp³-hybridized carbons (Fsp3) is 0. The van der Waals surface area contributed by atoms with Crippen LogP contribution in [-0.4, -0.2) is 0 Å². The molecule has 0 heterocycles. The van der Waals surface area contributed by atoms with E-state index in [0.29, 0.717) is 0 Å². The molecular formula is HINPS. The zero-order valence-electron chi connectivity index (χ0n) is 1.73. The van der Waals surface area contributed by atoms with E-state index in [4.69, 9.17) is 3.56 Å². The minimum absolute atomic E-state index is 0.352. The molecule has 1 nitrogen and oxygen atoms in total. The fourth-order valence-corrected chi connectivity index (χ4v) is 0. The summed E-state index contributed by atoms with van der Waals surface area (Å²) in [5.74, 6) is 0. The largest absolute Gasteiger partial charge is 0.269 e. The highest BCUT2D eigenvalue weighted by molar-refractivity contribution is 14.2. The molecule has 0 rings (SSSR count). The first-order valence-electron chi connectivity index (χ1n) is 0.541. The quantitative estimate of drug-likeness (QED) is 0.513. The molecule has 0 amide bonds. The minimum Gasteiger partial charge on any atom is -0.269 e. The lowest BCUT2D eigenvalue weighted by Gasteiger charge is -1.36. The van der Waals surface area contributed by atoms with Crippen molar-refractivity contribution in [3.8, 4) is 0 Å². The Bertz CT molecular complexity index is 29.0. The van der Waals surface area contributed by atoms with Crippen LogP contribution in [0.4, 0.5) is 0 Å². The topological polar surface area (TPSA) is 23.9 Å². The van der Waals surface area contributed by atoms with Crippen LogP contribution in [0.2, 0.25) is 0 Å².